The van der Waals surface area contributed by atoms with Crippen molar-refractivity contribution in [3.05, 3.63) is 53.6 Å². The van der Waals surface area contributed by atoms with E-state index in [4.69, 9.17) is 9.88 Å². The molecule has 2 aromatic rings. The van der Waals surface area contributed by atoms with Crippen molar-refractivity contribution in [2.24, 2.45) is 5.14 Å². The number of primary sulfonamides is 1. The van der Waals surface area contributed by atoms with Gasteiger partial charge in [0.05, 0.1) is 17.6 Å². The molecule has 0 spiro atoms. The number of carbonyl (C=O) groups excluding carboxylic acids is 1. The highest BCUT2D eigenvalue weighted by Gasteiger charge is 2.17. The molecule has 134 valence electrons. The third-order valence-electron chi connectivity index (χ3n) is 4.09. The van der Waals surface area contributed by atoms with E-state index < -0.39 is 15.9 Å². The molecular weight excluding hydrogens is 340 g/mol. The lowest BCUT2D eigenvalue weighted by Gasteiger charge is -2.12. The Morgan fingerprint density at radius 3 is 2.36 bits per heavy atom. The number of benzene rings is 2. The summed E-state index contributed by atoms with van der Waals surface area (Å²) in [5.74, 6) is 0.232. The molecule has 7 heteroatoms. The van der Waals surface area contributed by atoms with Gasteiger partial charge in [-0.3, -0.25) is 4.79 Å². The van der Waals surface area contributed by atoms with Crippen LogP contribution in [0.2, 0.25) is 0 Å². The second-order valence-electron chi connectivity index (χ2n) is 5.79. The maximum absolute atomic E-state index is 12.5. The molecule has 25 heavy (non-hydrogen) atoms. The summed E-state index contributed by atoms with van der Waals surface area (Å²) < 4.78 is 28.1. The number of rotatable bonds is 6. The van der Waals surface area contributed by atoms with Crippen LogP contribution in [0, 0.1) is 0 Å². The van der Waals surface area contributed by atoms with Crippen LogP contribution >= 0.6 is 0 Å². The van der Waals surface area contributed by atoms with Crippen LogP contribution in [0.15, 0.2) is 47.4 Å². The van der Waals surface area contributed by atoms with Crippen LogP contribution in [0.5, 0.6) is 5.75 Å². The third-order valence-corrected chi connectivity index (χ3v) is 5.01. The highest BCUT2D eigenvalue weighted by atomic mass is 32.2. The maximum Gasteiger partial charge on any atom is 0.259 e. The van der Waals surface area contributed by atoms with Gasteiger partial charge in [0.2, 0.25) is 10.0 Å². The first-order valence-electron chi connectivity index (χ1n) is 7.88. The number of hydrogen-bond acceptors (Lipinski definition) is 4. The molecular formula is C18H22N2O4S. The lowest BCUT2D eigenvalue weighted by molar-refractivity contribution is 0.102. The lowest BCUT2D eigenvalue weighted by atomic mass is 9.98. The van der Waals surface area contributed by atoms with Crippen LogP contribution in [-0.2, 0) is 10.0 Å². The summed E-state index contributed by atoms with van der Waals surface area (Å²) in [6.45, 7) is 4.25. The van der Waals surface area contributed by atoms with Crippen molar-refractivity contribution in [1.29, 1.82) is 0 Å². The number of amides is 1. The second kappa shape index (κ2) is 7.67. The van der Waals surface area contributed by atoms with Gasteiger partial charge >= 0.3 is 0 Å². The van der Waals surface area contributed by atoms with E-state index in [0.29, 0.717) is 11.6 Å². The second-order valence-corrected chi connectivity index (χ2v) is 7.35. The Morgan fingerprint density at radius 2 is 1.84 bits per heavy atom. The molecule has 0 aliphatic heterocycles. The molecule has 0 heterocycles. The highest BCUT2D eigenvalue weighted by Crippen LogP contribution is 2.24. The molecule has 0 fully saturated rings. The number of ether oxygens (including phenoxy) is 1. The van der Waals surface area contributed by atoms with E-state index in [1.807, 2.05) is 24.3 Å². The van der Waals surface area contributed by atoms with Crippen molar-refractivity contribution < 1.29 is 17.9 Å². The molecule has 2 rings (SSSR count). The number of hydrogen-bond donors (Lipinski definition) is 2. The fraction of sp³-hybridized carbons (Fsp3) is 0.278. The van der Waals surface area contributed by atoms with E-state index in [9.17, 15) is 13.2 Å². The van der Waals surface area contributed by atoms with Crippen LogP contribution < -0.4 is 15.2 Å². The standard InChI is InChI=1S/C18H22N2O4S/c1-4-12(2)13-5-7-14(8-6-13)20-18(21)16-11-15(25(19,22)23)9-10-17(16)24-3/h5-12H,4H2,1-3H3,(H,20,21)(H2,19,22,23). The summed E-state index contributed by atoms with van der Waals surface area (Å²) in [4.78, 5) is 12.4. The number of carbonyl (C=O) groups is 1. The van der Waals surface area contributed by atoms with Crippen LogP contribution in [0.4, 0.5) is 5.69 Å². The van der Waals surface area contributed by atoms with E-state index >= 15 is 0 Å². The van der Waals surface area contributed by atoms with E-state index in [0.717, 1.165) is 6.42 Å². The fourth-order valence-corrected chi connectivity index (χ4v) is 2.91. The zero-order valence-electron chi connectivity index (χ0n) is 14.4. The van der Waals surface area contributed by atoms with Gasteiger partial charge in [-0.25, -0.2) is 13.6 Å². The molecule has 0 aliphatic rings. The van der Waals surface area contributed by atoms with E-state index in [1.165, 1.54) is 30.9 Å². The molecule has 6 nitrogen and oxygen atoms in total. The molecule has 0 bridgehead atoms. The molecule has 1 atom stereocenters. The summed E-state index contributed by atoms with van der Waals surface area (Å²) in [6, 6.07) is 11.5. The minimum atomic E-state index is -3.91. The van der Waals surface area contributed by atoms with Crippen molar-refractivity contribution in [3.8, 4) is 5.75 Å². The van der Waals surface area contributed by atoms with Crippen LogP contribution in [-0.4, -0.2) is 21.4 Å². The van der Waals surface area contributed by atoms with Gasteiger partial charge in [-0.2, -0.15) is 0 Å². The predicted molar refractivity (Wildman–Crippen MR) is 97.5 cm³/mol. The Hall–Kier alpha value is -2.38. The van der Waals surface area contributed by atoms with Gasteiger partial charge in [-0.05, 0) is 48.2 Å². The van der Waals surface area contributed by atoms with Crippen LogP contribution in [0.1, 0.15) is 42.1 Å². The third kappa shape index (κ3) is 4.58. The van der Waals surface area contributed by atoms with E-state index in [1.54, 1.807) is 0 Å². The average Bonchev–Trinajstić information content (AvgIpc) is 2.60. The number of nitrogens with one attached hydrogen (secondary N) is 1. The van der Waals surface area contributed by atoms with E-state index in [2.05, 4.69) is 19.2 Å². The molecule has 0 aliphatic carbocycles. The minimum Gasteiger partial charge on any atom is -0.496 e. The van der Waals surface area contributed by atoms with Crippen molar-refractivity contribution >= 4 is 21.6 Å². The van der Waals surface area contributed by atoms with Crippen molar-refractivity contribution in [2.75, 3.05) is 12.4 Å². The average molecular weight is 362 g/mol. The van der Waals surface area contributed by atoms with Crippen molar-refractivity contribution in [3.63, 3.8) is 0 Å². The first-order valence-corrected chi connectivity index (χ1v) is 9.43. The zero-order valence-corrected chi connectivity index (χ0v) is 15.3. The summed E-state index contributed by atoms with van der Waals surface area (Å²) in [5.41, 5.74) is 1.90. The zero-order chi connectivity index (χ0) is 18.6. The molecule has 0 saturated heterocycles. The largest absolute Gasteiger partial charge is 0.496 e. The number of nitrogens with two attached hydrogens (primary N) is 1. The van der Waals surface area contributed by atoms with Crippen molar-refractivity contribution in [2.45, 2.75) is 31.1 Å². The summed E-state index contributed by atoms with van der Waals surface area (Å²) in [7, 11) is -2.50. The molecule has 0 radical (unpaired) electrons. The molecule has 1 unspecified atom stereocenters. The van der Waals surface area contributed by atoms with Gasteiger partial charge in [0.1, 0.15) is 5.75 Å². The minimum absolute atomic E-state index is 0.0972. The van der Waals surface area contributed by atoms with Gasteiger partial charge in [0, 0.05) is 5.69 Å². The molecule has 0 aromatic heterocycles. The van der Waals surface area contributed by atoms with Crippen LogP contribution in [0.25, 0.3) is 0 Å². The summed E-state index contributed by atoms with van der Waals surface area (Å²) in [5, 5.41) is 7.87. The SMILES string of the molecule is CCC(C)c1ccc(NC(=O)c2cc(S(N)(=O)=O)ccc2OC)cc1. The maximum atomic E-state index is 12.5. The van der Waals surface area contributed by atoms with Gasteiger partial charge in [-0.15, -0.1) is 0 Å². The van der Waals surface area contributed by atoms with E-state index in [-0.39, 0.29) is 16.2 Å². The molecule has 2 aromatic carbocycles. The number of methoxy groups -OCH3 is 1. The fourth-order valence-electron chi connectivity index (χ4n) is 2.37. The number of sulfonamides is 1. The summed E-state index contributed by atoms with van der Waals surface area (Å²) in [6.07, 6.45) is 1.03. The molecule has 1 amide bonds. The Labute approximate surface area is 148 Å². The normalized spacial score (nSPS) is 12.5. The first kappa shape index (κ1) is 19.0. The Balaban J connectivity index is 2.28. The van der Waals surface area contributed by atoms with Gasteiger partial charge < -0.3 is 10.1 Å². The van der Waals surface area contributed by atoms with Crippen molar-refractivity contribution in [1.82, 2.24) is 0 Å². The predicted octanol–water partition coefficient (Wildman–Crippen LogP) is 3.11. The number of anilines is 1. The quantitative estimate of drug-likeness (QED) is 0.825. The summed E-state index contributed by atoms with van der Waals surface area (Å²) >= 11 is 0. The first-order chi connectivity index (χ1) is 11.8. The van der Waals surface area contributed by atoms with Gasteiger partial charge in [0.25, 0.3) is 5.91 Å². The Kier molecular flexibility index (Phi) is 5.81. The van der Waals surface area contributed by atoms with Crippen LogP contribution in [0.3, 0.4) is 0 Å². The molecule has 3 N–H and O–H groups in total. The Bertz CT molecular complexity index is 861. The topological polar surface area (TPSA) is 98.5 Å². The smallest absolute Gasteiger partial charge is 0.259 e. The molecule has 0 saturated carbocycles. The lowest BCUT2D eigenvalue weighted by Crippen LogP contribution is -2.16. The van der Waals surface area contributed by atoms with Gasteiger partial charge in [0.15, 0.2) is 0 Å². The monoisotopic (exact) mass is 362 g/mol. The van der Waals surface area contributed by atoms with Gasteiger partial charge in [-0.1, -0.05) is 26.0 Å². The Morgan fingerprint density at radius 1 is 1.20 bits per heavy atom. The highest BCUT2D eigenvalue weighted by molar-refractivity contribution is 7.89.